The van der Waals surface area contributed by atoms with E-state index in [9.17, 15) is 14.7 Å². The lowest BCUT2D eigenvalue weighted by Gasteiger charge is -2.23. The average molecular weight is 430 g/mol. The highest BCUT2D eigenvalue weighted by molar-refractivity contribution is 8.13. The van der Waals surface area contributed by atoms with Crippen LogP contribution in [0.15, 0.2) is 0 Å². The van der Waals surface area contributed by atoms with Gasteiger partial charge in [0.05, 0.1) is 25.6 Å². The number of carbonyl (C=O) groups excluding carboxylic acids is 2. The summed E-state index contributed by atoms with van der Waals surface area (Å²) in [5.41, 5.74) is 0. The van der Waals surface area contributed by atoms with Gasteiger partial charge in [-0.15, -0.1) is 0 Å². The number of amidine groups is 1. The van der Waals surface area contributed by atoms with Gasteiger partial charge in [-0.2, -0.15) is 4.58 Å². The van der Waals surface area contributed by atoms with Crippen LogP contribution in [0.3, 0.4) is 0 Å². The number of rotatable bonds is 16. The Morgan fingerprint density at radius 2 is 1.48 bits per heavy atom. The predicted octanol–water partition coefficient (Wildman–Crippen LogP) is 3.83. The van der Waals surface area contributed by atoms with Crippen molar-refractivity contribution in [2.45, 2.75) is 91.9 Å². The van der Waals surface area contributed by atoms with Crippen LogP contribution in [0.5, 0.6) is 0 Å². The van der Waals surface area contributed by atoms with Crippen molar-refractivity contribution in [2.75, 3.05) is 31.9 Å². The Bertz CT molecular complexity index is 484. The summed E-state index contributed by atoms with van der Waals surface area (Å²) in [5.74, 6) is -0.406. The summed E-state index contributed by atoms with van der Waals surface area (Å²) in [6.45, 7) is 10.5. The summed E-state index contributed by atoms with van der Waals surface area (Å²) in [5, 5.41) is 14.2. The summed E-state index contributed by atoms with van der Waals surface area (Å²) in [7, 11) is 0. The molecule has 0 bridgehead atoms. The molecule has 29 heavy (non-hydrogen) atoms. The van der Waals surface area contributed by atoms with Gasteiger partial charge in [-0.25, -0.2) is 4.79 Å². The minimum atomic E-state index is -1.27. The second-order valence-corrected chi connectivity index (χ2v) is 8.54. The van der Waals surface area contributed by atoms with Gasteiger partial charge >= 0.3 is 6.03 Å². The maximum absolute atomic E-state index is 12.8. The van der Waals surface area contributed by atoms with Crippen LogP contribution in [0.4, 0.5) is 4.79 Å². The summed E-state index contributed by atoms with van der Waals surface area (Å²) in [6.07, 6.45) is 11.6. The zero-order valence-corrected chi connectivity index (χ0v) is 20.0. The second kappa shape index (κ2) is 18.8. The maximum atomic E-state index is 12.8. The van der Waals surface area contributed by atoms with Gasteiger partial charge in [0.1, 0.15) is 6.54 Å². The Kier molecular flexibility index (Phi) is 18.0. The number of aliphatic carboxylic acids is 1. The molecule has 0 heterocycles. The van der Waals surface area contributed by atoms with Gasteiger partial charge in [-0.3, -0.25) is 10.2 Å². The van der Waals surface area contributed by atoms with Gasteiger partial charge in [0, 0.05) is 5.75 Å². The molecule has 6 nitrogen and oxygen atoms in total. The van der Waals surface area contributed by atoms with E-state index in [0.717, 1.165) is 49.7 Å². The monoisotopic (exact) mass is 429 g/mol. The van der Waals surface area contributed by atoms with E-state index in [4.69, 9.17) is 0 Å². The highest BCUT2D eigenvalue weighted by Crippen LogP contribution is 2.13. The molecule has 0 aromatic carbocycles. The maximum Gasteiger partial charge on any atom is 0.437 e. The third kappa shape index (κ3) is 13.6. The van der Waals surface area contributed by atoms with E-state index in [1.165, 1.54) is 38.5 Å². The summed E-state index contributed by atoms with van der Waals surface area (Å²) in [4.78, 5) is 25.9. The van der Waals surface area contributed by atoms with Crippen molar-refractivity contribution in [3.63, 3.8) is 0 Å². The van der Waals surface area contributed by atoms with E-state index < -0.39 is 12.5 Å². The Labute approximate surface area is 182 Å². The normalized spacial score (nSPS) is 11.9. The first-order valence-corrected chi connectivity index (χ1v) is 12.5. The van der Waals surface area contributed by atoms with Crippen LogP contribution in [0.2, 0.25) is 0 Å². The molecule has 0 radical (unpaired) electrons. The number of thioether (sulfide) groups is 1. The molecule has 2 amide bonds. The van der Waals surface area contributed by atoms with Gasteiger partial charge in [-0.05, 0) is 19.8 Å². The fraction of sp³-hybridized carbons (Fsp3) is 0.864. The number of carboxylic acids is 1. The largest absolute Gasteiger partial charge is 0.547 e. The lowest BCUT2D eigenvalue weighted by Crippen LogP contribution is -2.46. The van der Waals surface area contributed by atoms with Crippen molar-refractivity contribution in [1.29, 1.82) is 0 Å². The lowest BCUT2D eigenvalue weighted by molar-refractivity contribution is -0.432. The molecule has 0 aromatic rings. The minimum Gasteiger partial charge on any atom is -0.547 e. The lowest BCUT2D eigenvalue weighted by atomic mass is 10.1. The summed E-state index contributed by atoms with van der Waals surface area (Å²) < 4.78 is 1.75. The molecule has 170 valence electrons. The number of hydrogen-bond donors (Lipinski definition) is 1. The second-order valence-electron chi connectivity index (χ2n) is 7.31. The van der Waals surface area contributed by atoms with Crippen LogP contribution in [-0.4, -0.2) is 58.6 Å². The molecule has 0 atom stereocenters. The molecule has 0 fully saturated rings. The zero-order valence-electron chi connectivity index (χ0n) is 19.1. The molecule has 0 saturated heterocycles. The smallest absolute Gasteiger partial charge is 0.437 e. The predicted molar refractivity (Wildman–Crippen MR) is 121 cm³/mol. The number of nitrogens with one attached hydrogen (secondary N) is 1. The summed E-state index contributed by atoms with van der Waals surface area (Å²) >= 11 is 1.66. The number of carbonyl (C=O) groups is 2. The van der Waals surface area contributed by atoms with Crippen LogP contribution in [-0.2, 0) is 4.79 Å². The van der Waals surface area contributed by atoms with E-state index in [0.29, 0.717) is 6.54 Å². The number of carboxylic acid groups (broad SMARTS) is 1. The molecular weight excluding hydrogens is 386 g/mol. The van der Waals surface area contributed by atoms with Crippen molar-refractivity contribution < 1.29 is 19.3 Å². The van der Waals surface area contributed by atoms with E-state index in [1.54, 1.807) is 16.3 Å². The van der Waals surface area contributed by atoms with Crippen LogP contribution in [0.25, 0.3) is 0 Å². The van der Waals surface area contributed by atoms with Crippen molar-refractivity contribution in [2.24, 2.45) is 0 Å². The van der Waals surface area contributed by atoms with E-state index in [2.05, 4.69) is 37.9 Å². The first-order valence-electron chi connectivity index (χ1n) is 11.5. The Hall–Kier alpha value is -1.24. The third-order valence-corrected chi connectivity index (χ3v) is 5.83. The molecule has 0 aliphatic rings. The topological polar surface area (TPSA) is 75.5 Å². The van der Waals surface area contributed by atoms with Crippen LogP contribution < -0.4 is 10.4 Å². The van der Waals surface area contributed by atoms with E-state index in [1.807, 2.05) is 0 Å². The van der Waals surface area contributed by atoms with Gasteiger partial charge in [0.25, 0.3) is 5.17 Å². The zero-order chi connectivity index (χ0) is 21.9. The first kappa shape index (κ1) is 27.8. The van der Waals surface area contributed by atoms with Gasteiger partial charge in [0.2, 0.25) is 0 Å². The fourth-order valence-corrected chi connectivity index (χ4v) is 4.16. The molecular formula is C22H43N3O3S. The molecule has 7 heteroatoms. The number of amides is 2. The standard InChI is InChI=1S/C22H43N3O3S/c1-5-9-11-13-15-17-24(7-3)22(29-8-4)25(18-16-14-12-10-6-2)21(28)23-19-20(26)27/h5-19H2,1-4H3,(H-,23,26,27,28). The van der Waals surface area contributed by atoms with E-state index in [-0.39, 0.29) is 6.03 Å². The molecule has 0 unspecified atom stereocenters. The van der Waals surface area contributed by atoms with E-state index >= 15 is 0 Å². The molecule has 0 aliphatic heterocycles. The number of nitrogens with zero attached hydrogens (tertiary/aromatic N) is 2. The Morgan fingerprint density at radius 3 is 2.00 bits per heavy atom. The first-order chi connectivity index (χ1) is 14.0. The Balaban J connectivity index is 5.32. The summed E-state index contributed by atoms with van der Waals surface area (Å²) in [6, 6.07) is -0.343. The van der Waals surface area contributed by atoms with Gasteiger partial charge < -0.3 is 9.90 Å². The van der Waals surface area contributed by atoms with Crippen LogP contribution in [0, 0.1) is 0 Å². The fourth-order valence-electron chi connectivity index (χ4n) is 3.16. The van der Waals surface area contributed by atoms with Crippen LogP contribution in [0.1, 0.15) is 91.9 Å². The molecule has 0 rings (SSSR count). The van der Waals surface area contributed by atoms with Gasteiger partial charge in [0.15, 0.2) is 0 Å². The SMILES string of the molecule is CCCCCCCN(CC)C(SCC)=[N+](CCCCCCC)C(=O)NCC(=O)[O-]. The minimum absolute atomic E-state index is 0.343. The van der Waals surface area contributed by atoms with Crippen molar-refractivity contribution in [3.8, 4) is 0 Å². The van der Waals surface area contributed by atoms with Crippen molar-refractivity contribution in [3.05, 3.63) is 0 Å². The molecule has 0 saturated carbocycles. The quantitative estimate of drug-likeness (QED) is 0.175. The highest BCUT2D eigenvalue weighted by Gasteiger charge is 2.24. The molecule has 1 N–H and O–H groups in total. The number of urea groups is 1. The van der Waals surface area contributed by atoms with Crippen molar-refractivity contribution in [1.82, 2.24) is 10.2 Å². The number of hydrogen-bond acceptors (Lipinski definition) is 4. The third-order valence-electron chi connectivity index (χ3n) is 4.80. The molecule has 0 spiro atoms. The average Bonchev–Trinajstić information content (AvgIpc) is 2.70. The Morgan fingerprint density at radius 1 is 0.897 bits per heavy atom. The number of unbranched alkanes of at least 4 members (excludes halogenated alkanes) is 8. The van der Waals surface area contributed by atoms with Crippen molar-refractivity contribution >= 4 is 28.9 Å². The molecule has 0 aromatic heterocycles. The van der Waals surface area contributed by atoms with Crippen LogP contribution >= 0.6 is 11.8 Å². The molecule has 0 aliphatic carbocycles. The highest BCUT2D eigenvalue weighted by atomic mass is 32.2. The van der Waals surface area contributed by atoms with Gasteiger partial charge in [-0.1, -0.05) is 83.9 Å².